The zero-order valence-electron chi connectivity index (χ0n) is 18.7. The smallest absolute Gasteiger partial charge is 0.190 e. The number of fused-ring (bicyclic) bond motifs is 2. The Labute approximate surface area is 190 Å². The molecular formula is C30H26N2+2. The second kappa shape index (κ2) is 10.3. The third kappa shape index (κ3) is 4.64. The maximum absolute atomic E-state index is 3.53. The maximum atomic E-state index is 3.53. The fourth-order valence-electron chi connectivity index (χ4n) is 3.89. The van der Waals surface area contributed by atoms with Crippen molar-refractivity contribution in [2.24, 2.45) is 0 Å². The monoisotopic (exact) mass is 414 g/mol. The molecule has 0 aliphatic rings. The van der Waals surface area contributed by atoms with E-state index in [-0.39, 0.29) is 0 Å². The van der Waals surface area contributed by atoms with Crippen LogP contribution in [-0.2, 0) is 13.1 Å². The molecule has 2 nitrogen and oxygen atoms in total. The van der Waals surface area contributed by atoms with E-state index in [9.17, 15) is 0 Å². The molecule has 0 saturated carbocycles. The molecule has 0 N–H and O–H groups in total. The van der Waals surface area contributed by atoms with Crippen molar-refractivity contribution >= 4 is 21.5 Å². The van der Waals surface area contributed by atoms with E-state index in [1.807, 2.05) is 13.8 Å². The van der Waals surface area contributed by atoms with Gasteiger partial charge in [-0.2, -0.15) is 9.13 Å². The second-order valence-corrected chi connectivity index (χ2v) is 7.49. The van der Waals surface area contributed by atoms with Gasteiger partial charge < -0.3 is 0 Å². The second-order valence-electron chi connectivity index (χ2n) is 7.49. The molecule has 0 saturated heterocycles. The van der Waals surface area contributed by atoms with Gasteiger partial charge in [0.2, 0.25) is 0 Å². The minimum atomic E-state index is 0.804. The molecule has 2 aromatic heterocycles. The number of aryl methyl sites for hydroxylation is 2. The minimum Gasteiger partial charge on any atom is -0.190 e. The van der Waals surface area contributed by atoms with Crippen molar-refractivity contribution in [1.82, 2.24) is 0 Å². The molecule has 2 aromatic carbocycles. The van der Waals surface area contributed by atoms with Crippen LogP contribution in [0.5, 0.6) is 0 Å². The molecular weight excluding hydrogens is 388 g/mol. The van der Waals surface area contributed by atoms with Crippen molar-refractivity contribution in [1.29, 1.82) is 0 Å². The van der Waals surface area contributed by atoms with Gasteiger partial charge in [-0.1, -0.05) is 48.2 Å². The average molecular weight is 415 g/mol. The van der Waals surface area contributed by atoms with Gasteiger partial charge in [0.25, 0.3) is 11.4 Å². The van der Waals surface area contributed by atoms with Crippen LogP contribution in [-0.4, -0.2) is 0 Å². The summed E-state index contributed by atoms with van der Waals surface area (Å²) in [6.07, 6.45) is 5.85. The number of hydrogen-bond donors (Lipinski definition) is 0. The summed E-state index contributed by atoms with van der Waals surface area (Å²) in [4.78, 5) is 0. The molecule has 2 heterocycles. The van der Waals surface area contributed by atoms with Crippen LogP contribution in [0.25, 0.3) is 21.5 Å². The van der Waals surface area contributed by atoms with Crippen LogP contribution < -0.4 is 9.13 Å². The third-order valence-electron chi connectivity index (χ3n) is 5.48. The van der Waals surface area contributed by atoms with Crippen LogP contribution in [0.3, 0.4) is 0 Å². The topological polar surface area (TPSA) is 7.76 Å². The van der Waals surface area contributed by atoms with Gasteiger partial charge in [-0.3, -0.25) is 0 Å². The molecule has 0 fully saturated rings. The molecule has 0 aliphatic carbocycles. The summed E-state index contributed by atoms with van der Waals surface area (Å²) >= 11 is 0. The van der Waals surface area contributed by atoms with Crippen molar-refractivity contribution in [3.8, 4) is 35.5 Å². The van der Waals surface area contributed by atoms with Gasteiger partial charge >= 0.3 is 0 Å². The molecule has 0 aliphatic heterocycles. The number of nitrogens with zero attached hydrogens (tertiary/aromatic N) is 2. The van der Waals surface area contributed by atoms with Crippen molar-refractivity contribution in [3.63, 3.8) is 0 Å². The van der Waals surface area contributed by atoms with Crippen LogP contribution in [0.2, 0.25) is 0 Å². The van der Waals surface area contributed by atoms with Gasteiger partial charge in [0, 0.05) is 24.0 Å². The van der Waals surface area contributed by atoms with Crippen LogP contribution in [0, 0.1) is 35.5 Å². The zero-order chi connectivity index (χ0) is 22.2. The Morgan fingerprint density at radius 3 is 1.47 bits per heavy atom. The van der Waals surface area contributed by atoms with Gasteiger partial charge in [-0.05, 0) is 36.8 Å². The summed E-state index contributed by atoms with van der Waals surface area (Å²) in [5.74, 6) is 19.4. The molecule has 4 aromatic rings. The summed E-state index contributed by atoms with van der Waals surface area (Å²) in [7, 11) is 0. The van der Waals surface area contributed by atoms with Crippen molar-refractivity contribution in [3.05, 3.63) is 84.4 Å². The van der Waals surface area contributed by atoms with E-state index in [0.717, 1.165) is 48.1 Å². The first-order valence-electron chi connectivity index (χ1n) is 11.0. The van der Waals surface area contributed by atoms with Crippen LogP contribution in [0.15, 0.2) is 73.1 Å². The number of pyridine rings is 2. The highest BCUT2D eigenvalue weighted by Gasteiger charge is 2.16. The Morgan fingerprint density at radius 1 is 0.594 bits per heavy atom. The van der Waals surface area contributed by atoms with E-state index in [0.29, 0.717) is 0 Å². The number of benzene rings is 2. The van der Waals surface area contributed by atoms with E-state index in [2.05, 4.69) is 118 Å². The van der Waals surface area contributed by atoms with E-state index in [1.54, 1.807) is 0 Å². The van der Waals surface area contributed by atoms with Crippen molar-refractivity contribution < 1.29 is 9.13 Å². The van der Waals surface area contributed by atoms with Crippen molar-refractivity contribution in [2.45, 2.75) is 39.8 Å². The van der Waals surface area contributed by atoms with Crippen LogP contribution in [0.1, 0.15) is 38.1 Å². The zero-order valence-corrected chi connectivity index (χ0v) is 18.7. The molecule has 0 unspecified atom stereocenters. The van der Waals surface area contributed by atoms with E-state index < -0.39 is 0 Å². The molecule has 0 spiro atoms. The normalized spacial score (nSPS) is 9.94. The van der Waals surface area contributed by atoms with E-state index >= 15 is 0 Å². The van der Waals surface area contributed by atoms with Gasteiger partial charge in [0.05, 0.1) is 23.6 Å². The summed E-state index contributed by atoms with van der Waals surface area (Å²) in [6, 6.07) is 21.2. The summed E-state index contributed by atoms with van der Waals surface area (Å²) in [6.45, 7) is 5.40. The molecule has 154 valence electrons. The Hall–Kier alpha value is -4.06. The Bertz CT molecular complexity index is 1350. The quantitative estimate of drug-likeness (QED) is 0.335. The molecule has 0 bridgehead atoms. The molecule has 32 heavy (non-hydrogen) atoms. The lowest BCUT2D eigenvalue weighted by Gasteiger charge is -2.03. The summed E-state index contributed by atoms with van der Waals surface area (Å²) in [5.41, 5.74) is 2.04. The lowest BCUT2D eigenvalue weighted by atomic mass is 10.1. The molecule has 0 radical (unpaired) electrons. The third-order valence-corrected chi connectivity index (χ3v) is 5.48. The van der Waals surface area contributed by atoms with E-state index in [1.165, 1.54) is 10.8 Å². The predicted molar refractivity (Wildman–Crippen MR) is 130 cm³/mol. The minimum absolute atomic E-state index is 0.804. The van der Waals surface area contributed by atoms with Crippen LogP contribution in [0.4, 0.5) is 0 Å². The van der Waals surface area contributed by atoms with E-state index in [4.69, 9.17) is 0 Å². The standard InChI is InChI=1S/C30H26N2/c1-3-5-11-21-31-23-19-25-13-7-9-15-27(25)29(31)17-18-30-28-16-10-8-14-26(28)20-24-32(30)22-12-6-4-2/h7-10,13-16,19-20,23-24H,11-12,21-22H2,1-2H3/q+2. The SMILES string of the molecule is CC#CCC[n+]1ccc2ccccc2c1C#Cc1c2ccccc2cc[n+]1CCC#CC. The molecule has 4 rings (SSSR count). The molecule has 0 atom stereocenters. The van der Waals surface area contributed by atoms with Gasteiger partial charge in [0.1, 0.15) is 0 Å². The first-order valence-corrected chi connectivity index (χ1v) is 11.0. The lowest BCUT2D eigenvalue weighted by molar-refractivity contribution is -0.698. The van der Waals surface area contributed by atoms with Gasteiger partial charge in [-0.25, -0.2) is 0 Å². The first kappa shape index (κ1) is 21.2. The fraction of sp³-hybridized carbons (Fsp3) is 0.200. The highest BCUT2D eigenvalue weighted by atomic mass is 15.0. The fourth-order valence-corrected chi connectivity index (χ4v) is 3.89. The lowest BCUT2D eigenvalue weighted by Crippen LogP contribution is -2.38. The first-order chi connectivity index (χ1) is 15.8. The van der Waals surface area contributed by atoms with Gasteiger partial charge in [0.15, 0.2) is 25.5 Å². The maximum Gasteiger partial charge on any atom is 0.265 e. The Morgan fingerprint density at radius 2 is 1.03 bits per heavy atom. The number of hydrogen-bond acceptors (Lipinski definition) is 0. The number of rotatable bonds is 4. The molecule has 2 heteroatoms. The van der Waals surface area contributed by atoms with Gasteiger partial charge in [-0.15, -0.1) is 11.8 Å². The highest BCUT2D eigenvalue weighted by Crippen LogP contribution is 2.17. The highest BCUT2D eigenvalue weighted by molar-refractivity contribution is 5.87. The molecule has 0 amide bonds. The largest absolute Gasteiger partial charge is 0.265 e. The Kier molecular flexibility index (Phi) is 6.82. The van der Waals surface area contributed by atoms with Crippen LogP contribution >= 0.6 is 0 Å². The summed E-state index contributed by atoms with van der Waals surface area (Å²) < 4.78 is 4.44. The average Bonchev–Trinajstić information content (AvgIpc) is 2.84. The number of aromatic nitrogens is 2. The summed E-state index contributed by atoms with van der Waals surface area (Å²) in [5, 5.41) is 4.71. The Balaban J connectivity index is 1.88. The van der Waals surface area contributed by atoms with Crippen molar-refractivity contribution in [2.75, 3.05) is 0 Å². The predicted octanol–water partition coefficient (Wildman–Crippen LogP) is 4.79.